The molecule has 0 N–H and O–H groups in total. The first-order chi connectivity index (χ1) is 12.7. The van der Waals surface area contributed by atoms with Gasteiger partial charge in [-0.05, 0) is 43.3 Å². The van der Waals surface area contributed by atoms with Gasteiger partial charge < -0.3 is 14.4 Å². The molecule has 2 heterocycles. The molecule has 134 valence electrons. The zero-order chi connectivity index (χ0) is 18.1. The molecule has 1 amide bonds. The summed E-state index contributed by atoms with van der Waals surface area (Å²) in [4.78, 5) is 21.7. The van der Waals surface area contributed by atoms with Crippen LogP contribution in [0.2, 0.25) is 0 Å². The zero-order valence-corrected chi connectivity index (χ0v) is 16.3. The Bertz CT molecular complexity index is 927. The highest BCUT2D eigenvalue weighted by atomic mass is 79.9. The molecule has 0 unspecified atom stereocenters. The van der Waals surface area contributed by atoms with Crippen LogP contribution >= 0.6 is 15.9 Å². The van der Waals surface area contributed by atoms with Gasteiger partial charge in [-0.15, -0.1) is 0 Å². The van der Waals surface area contributed by atoms with E-state index in [1.807, 2.05) is 35.2 Å². The summed E-state index contributed by atoms with van der Waals surface area (Å²) in [5.74, 6) is 1.10. The van der Waals surface area contributed by atoms with Crippen molar-refractivity contribution in [2.45, 2.75) is 13.5 Å². The minimum absolute atomic E-state index is 0.0983. The van der Waals surface area contributed by atoms with Gasteiger partial charge in [0.25, 0.3) is 5.91 Å². The summed E-state index contributed by atoms with van der Waals surface area (Å²) < 4.78 is 3.24. The monoisotopic (exact) mass is 412 g/mol. The molecule has 0 atom stereocenters. The Morgan fingerprint density at radius 3 is 2.42 bits per heavy atom. The van der Waals surface area contributed by atoms with Crippen molar-refractivity contribution in [1.29, 1.82) is 0 Å². The van der Waals surface area contributed by atoms with Crippen molar-refractivity contribution in [1.82, 2.24) is 14.5 Å². The van der Waals surface area contributed by atoms with Gasteiger partial charge in [0.05, 0.1) is 11.0 Å². The first-order valence-electron chi connectivity index (χ1n) is 8.92. The van der Waals surface area contributed by atoms with E-state index in [1.165, 1.54) is 5.52 Å². The Morgan fingerprint density at radius 2 is 1.73 bits per heavy atom. The van der Waals surface area contributed by atoms with E-state index in [2.05, 4.69) is 50.5 Å². The predicted octanol–water partition coefficient (Wildman–Crippen LogP) is 3.78. The second-order valence-electron chi connectivity index (χ2n) is 6.43. The summed E-state index contributed by atoms with van der Waals surface area (Å²) >= 11 is 3.41. The molecule has 6 heteroatoms. The van der Waals surface area contributed by atoms with Crippen LogP contribution < -0.4 is 4.90 Å². The number of fused-ring (bicyclic) bond motifs is 1. The molecule has 2 aromatic carbocycles. The van der Waals surface area contributed by atoms with Crippen LogP contribution in [-0.4, -0.2) is 46.5 Å². The number of anilines is 1. The van der Waals surface area contributed by atoms with Crippen molar-refractivity contribution < 1.29 is 4.79 Å². The van der Waals surface area contributed by atoms with Gasteiger partial charge in [0, 0.05) is 42.8 Å². The molecule has 3 aromatic rings. The number of para-hydroxylation sites is 2. The van der Waals surface area contributed by atoms with Gasteiger partial charge in [0.2, 0.25) is 5.95 Å². The van der Waals surface area contributed by atoms with Crippen molar-refractivity contribution in [2.24, 2.45) is 0 Å². The van der Waals surface area contributed by atoms with Crippen LogP contribution in [0.15, 0.2) is 53.0 Å². The Hall–Kier alpha value is -2.34. The van der Waals surface area contributed by atoms with Crippen molar-refractivity contribution in [3.8, 4) is 0 Å². The van der Waals surface area contributed by atoms with Gasteiger partial charge in [-0.1, -0.05) is 28.1 Å². The molecule has 0 bridgehead atoms. The molecular formula is C20H21BrN4O. The normalized spacial score (nSPS) is 14.8. The summed E-state index contributed by atoms with van der Waals surface area (Å²) in [6.07, 6.45) is 0. The van der Waals surface area contributed by atoms with Gasteiger partial charge >= 0.3 is 0 Å². The lowest BCUT2D eigenvalue weighted by Crippen LogP contribution is -2.49. The van der Waals surface area contributed by atoms with Crippen LogP contribution in [0.1, 0.15) is 17.3 Å². The maximum atomic E-state index is 12.7. The maximum absolute atomic E-state index is 12.7. The first-order valence-corrected chi connectivity index (χ1v) is 9.71. The molecule has 0 aliphatic carbocycles. The molecule has 0 radical (unpaired) electrons. The fraction of sp³-hybridized carbons (Fsp3) is 0.300. The van der Waals surface area contributed by atoms with Gasteiger partial charge in [-0.25, -0.2) is 4.98 Å². The molecule has 1 aliphatic rings. The molecule has 1 aromatic heterocycles. The van der Waals surface area contributed by atoms with Crippen LogP contribution in [0.3, 0.4) is 0 Å². The number of halogens is 1. The molecule has 26 heavy (non-hydrogen) atoms. The van der Waals surface area contributed by atoms with E-state index >= 15 is 0 Å². The highest BCUT2D eigenvalue weighted by Crippen LogP contribution is 2.24. The third kappa shape index (κ3) is 3.09. The number of carbonyl (C=O) groups is 1. The van der Waals surface area contributed by atoms with Crippen molar-refractivity contribution in [2.75, 3.05) is 31.1 Å². The molecule has 1 aliphatic heterocycles. The zero-order valence-electron chi connectivity index (χ0n) is 14.7. The van der Waals surface area contributed by atoms with Gasteiger partial charge in [-0.3, -0.25) is 4.79 Å². The van der Waals surface area contributed by atoms with Crippen LogP contribution in [0.25, 0.3) is 11.0 Å². The maximum Gasteiger partial charge on any atom is 0.253 e. The fourth-order valence-corrected chi connectivity index (χ4v) is 3.76. The topological polar surface area (TPSA) is 41.4 Å². The van der Waals surface area contributed by atoms with Crippen LogP contribution in [0.4, 0.5) is 5.95 Å². The number of aryl methyl sites for hydroxylation is 1. The quantitative estimate of drug-likeness (QED) is 0.656. The minimum Gasteiger partial charge on any atom is -0.339 e. The van der Waals surface area contributed by atoms with E-state index in [0.717, 1.165) is 41.1 Å². The number of piperazine rings is 1. The van der Waals surface area contributed by atoms with E-state index in [-0.39, 0.29) is 5.91 Å². The van der Waals surface area contributed by atoms with Crippen LogP contribution in [0, 0.1) is 0 Å². The smallest absolute Gasteiger partial charge is 0.253 e. The first kappa shape index (κ1) is 17.1. The Balaban J connectivity index is 1.50. The highest BCUT2D eigenvalue weighted by Gasteiger charge is 2.25. The van der Waals surface area contributed by atoms with Crippen LogP contribution in [0.5, 0.6) is 0 Å². The second-order valence-corrected chi connectivity index (χ2v) is 7.35. The summed E-state index contributed by atoms with van der Waals surface area (Å²) in [6.45, 7) is 6.04. The van der Waals surface area contributed by atoms with E-state index in [0.29, 0.717) is 13.1 Å². The van der Waals surface area contributed by atoms with Gasteiger partial charge in [0.1, 0.15) is 0 Å². The third-order valence-electron chi connectivity index (χ3n) is 4.89. The number of rotatable bonds is 3. The minimum atomic E-state index is 0.0983. The average molecular weight is 413 g/mol. The number of imidazole rings is 1. The molecule has 1 fully saturated rings. The molecule has 0 spiro atoms. The summed E-state index contributed by atoms with van der Waals surface area (Å²) in [6, 6.07) is 15.8. The lowest BCUT2D eigenvalue weighted by Gasteiger charge is -2.35. The molecule has 1 saturated heterocycles. The van der Waals surface area contributed by atoms with E-state index in [9.17, 15) is 4.79 Å². The molecule has 4 rings (SSSR count). The van der Waals surface area contributed by atoms with Crippen LogP contribution in [-0.2, 0) is 6.54 Å². The average Bonchev–Trinajstić information content (AvgIpc) is 3.07. The number of carbonyl (C=O) groups excluding carboxylic acids is 1. The van der Waals surface area contributed by atoms with E-state index in [1.54, 1.807) is 0 Å². The molecule has 0 saturated carbocycles. The Morgan fingerprint density at radius 1 is 1.04 bits per heavy atom. The predicted molar refractivity (Wildman–Crippen MR) is 108 cm³/mol. The number of amides is 1. The Kier molecular flexibility index (Phi) is 4.68. The van der Waals surface area contributed by atoms with Crippen molar-refractivity contribution in [3.63, 3.8) is 0 Å². The van der Waals surface area contributed by atoms with Crippen molar-refractivity contribution >= 4 is 38.8 Å². The lowest BCUT2D eigenvalue weighted by atomic mass is 10.2. The number of aromatic nitrogens is 2. The fourth-order valence-electron chi connectivity index (χ4n) is 3.50. The molecular weight excluding hydrogens is 392 g/mol. The largest absolute Gasteiger partial charge is 0.339 e. The number of hydrogen-bond acceptors (Lipinski definition) is 3. The number of benzene rings is 2. The summed E-state index contributed by atoms with van der Waals surface area (Å²) in [5, 5.41) is 0. The van der Waals surface area contributed by atoms with Crippen molar-refractivity contribution in [3.05, 3.63) is 58.6 Å². The highest BCUT2D eigenvalue weighted by molar-refractivity contribution is 9.10. The SMILES string of the molecule is CCn1c(N2CCN(C(=O)c3ccc(Br)cc3)CC2)nc2ccccc21. The second kappa shape index (κ2) is 7.11. The van der Waals surface area contributed by atoms with Gasteiger partial charge in [0.15, 0.2) is 0 Å². The van der Waals surface area contributed by atoms with E-state index in [4.69, 9.17) is 4.98 Å². The number of hydrogen-bond donors (Lipinski definition) is 0. The van der Waals surface area contributed by atoms with Gasteiger partial charge in [-0.2, -0.15) is 0 Å². The lowest BCUT2D eigenvalue weighted by molar-refractivity contribution is 0.0746. The van der Waals surface area contributed by atoms with E-state index < -0.39 is 0 Å². The Labute approximate surface area is 161 Å². The number of nitrogens with zero attached hydrogens (tertiary/aromatic N) is 4. The molecule has 5 nitrogen and oxygen atoms in total. The summed E-state index contributed by atoms with van der Waals surface area (Å²) in [7, 11) is 0. The third-order valence-corrected chi connectivity index (χ3v) is 5.42. The standard InChI is InChI=1S/C20H21BrN4O/c1-2-25-18-6-4-3-5-17(18)22-20(25)24-13-11-23(12-14-24)19(26)15-7-9-16(21)10-8-15/h3-10H,2,11-14H2,1H3. The summed E-state index contributed by atoms with van der Waals surface area (Å²) in [5.41, 5.74) is 2.93.